The van der Waals surface area contributed by atoms with Gasteiger partial charge in [0.2, 0.25) is 0 Å². The molecule has 2 unspecified atom stereocenters. The van der Waals surface area contributed by atoms with Gasteiger partial charge in [0.1, 0.15) is 22.9 Å². The molecule has 0 saturated heterocycles. The Bertz CT molecular complexity index is 1350. The minimum absolute atomic E-state index is 0.0652. The lowest BCUT2D eigenvalue weighted by Crippen LogP contribution is -2.24. The number of halogens is 3. The highest BCUT2D eigenvalue weighted by Crippen LogP contribution is 2.53. The van der Waals surface area contributed by atoms with Gasteiger partial charge in [-0.25, -0.2) is 13.8 Å². The monoisotopic (exact) mass is 495 g/mol. The Kier molecular flexibility index (Phi) is 6.12. The van der Waals surface area contributed by atoms with Crippen molar-refractivity contribution in [3.63, 3.8) is 0 Å². The van der Waals surface area contributed by atoms with Crippen LogP contribution in [0.1, 0.15) is 53.3 Å². The highest BCUT2D eigenvalue weighted by atomic mass is 35.5. The number of fused-ring (bicyclic) bond motifs is 1. The summed E-state index contributed by atoms with van der Waals surface area (Å²) in [5.41, 5.74) is 1.02. The zero-order chi connectivity index (χ0) is 24.7. The molecular formula is C27H24ClF2N3O2. The van der Waals surface area contributed by atoms with E-state index in [9.17, 15) is 18.7 Å². The van der Waals surface area contributed by atoms with Gasteiger partial charge in [-0.2, -0.15) is 0 Å². The fourth-order valence-corrected chi connectivity index (χ4v) is 5.71. The Morgan fingerprint density at radius 3 is 2.63 bits per heavy atom. The Morgan fingerprint density at radius 2 is 1.94 bits per heavy atom. The lowest BCUT2D eigenvalue weighted by molar-refractivity contribution is 0.0979. The third-order valence-corrected chi connectivity index (χ3v) is 7.34. The minimum Gasteiger partial charge on any atom is -0.378 e. The van der Waals surface area contributed by atoms with Gasteiger partial charge in [0.25, 0.3) is 5.91 Å². The highest BCUT2D eigenvalue weighted by Gasteiger charge is 2.49. The maximum atomic E-state index is 13.5. The number of benzene rings is 2. The molecule has 2 saturated carbocycles. The number of hydrogen-bond acceptors (Lipinski definition) is 3. The molecule has 180 valence electrons. The first-order chi connectivity index (χ1) is 16.7. The summed E-state index contributed by atoms with van der Waals surface area (Å²) in [6, 6.07) is 10.1. The van der Waals surface area contributed by atoms with Gasteiger partial charge < -0.3 is 15.0 Å². The number of aryl methyl sites for hydroxylation is 1. The van der Waals surface area contributed by atoms with Crippen LogP contribution in [0.5, 0.6) is 0 Å². The Labute approximate surface area is 207 Å². The molecule has 2 aliphatic rings. The van der Waals surface area contributed by atoms with Gasteiger partial charge in [-0.3, -0.25) is 4.79 Å². The van der Waals surface area contributed by atoms with Crippen LogP contribution in [0.15, 0.2) is 48.8 Å². The maximum absolute atomic E-state index is 13.5. The standard InChI is InChI=1S/C27H24ClF2N3O2/c1-33-15-31-24(25(33)26(34)32-21-5-6-23(30)22(28)12-21)17-10-18-13-27(35,14-19(18)11-17)8-7-16-3-2-4-20(29)9-16/h2-6,9,12,15,17-19,35H,10-11,13-14H2,1H3,(H,32,34). The van der Waals surface area contributed by atoms with Crippen LogP contribution in [0.4, 0.5) is 14.5 Å². The van der Waals surface area contributed by atoms with Crippen LogP contribution in [0.25, 0.3) is 0 Å². The maximum Gasteiger partial charge on any atom is 0.274 e. The summed E-state index contributed by atoms with van der Waals surface area (Å²) >= 11 is 5.84. The van der Waals surface area contributed by atoms with E-state index >= 15 is 0 Å². The predicted molar refractivity (Wildman–Crippen MR) is 129 cm³/mol. The molecule has 2 N–H and O–H groups in total. The molecule has 1 aromatic heterocycles. The fourth-order valence-electron chi connectivity index (χ4n) is 5.53. The van der Waals surface area contributed by atoms with E-state index in [0.717, 1.165) is 18.5 Å². The van der Waals surface area contributed by atoms with Crippen LogP contribution in [-0.2, 0) is 7.05 Å². The molecule has 35 heavy (non-hydrogen) atoms. The van der Waals surface area contributed by atoms with E-state index in [1.54, 1.807) is 30.1 Å². The van der Waals surface area contributed by atoms with Crippen molar-refractivity contribution in [2.75, 3.05) is 5.32 Å². The van der Waals surface area contributed by atoms with Crippen molar-refractivity contribution in [1.29, 1.82) is 0 Å². The number of amides is 1. The first-order valence-corrected chi connectivity index (χ1v) is 11.9. The van der Waals surface area contributed by atoms with Crippen molar-refractivity contribution in [2.24, 2.45) is 18.9 Å². The summed E-state index contributed by atoms with van der Waals surface area (Å²) in [6.07, 6.45) is 4.30. The molecule has 2 fully saturated rings. The molecule has 5 nitrogen and oxygen atoms in total. The van der Waals surface area contributed by atoms with Crippen molar-refractivity contribution in [2.45, 2.75) is 37.2 Å². The smallest absolute Gasteiger partial charge is 0.274 e. The summed E-state index contributed by atoms with van der Waals surface area (Å²) in [5, 5.41) is 13.8. The first kappa shape index (κ1) is 23.5. The van der Waals surface area contributed by atoms with Gasteiger partial charge in [-0.1, -0.05) is 29.5 Å². The summed E-state index contributed by atoms with van der Waals surface area (Å²) in [6.45, 7) is 0. The number of carbonyl (C=O) groups excluding carboxylic acids is 1. The number of aromatic nitrogens is 2. The van der Waals surface area contributed by atoms with E-state index in [4.69, 9.17) is 11.6 Å². The largest absolute Gasteiger partial charge is 0.378 e. The van der Waals surface area contributed by atoms with E-state index in [-0.39, 0.29) is 34.5 Å². The molecule has 2 aromatic carbocycles. The third kappa shape index (κ3) is 4.82. The second-order valence-electron chi connectivity index (χ2n) is 9.56. The van der Waals surface area contributed by atoms with Crippen LogP contribution in [-0.4, -0.2) is 26.2 Å². The van der Waals surface area contributed by atoms with Crippen LogP contribution in [0.3, 0.4) is 0 Å². The Morgan fingerprint density at radius 1 is 1.20 bits per heavy atom. The molecule has 8 heteroatoms. The second-order valence-corrected chi connectivity index (χ2v) is 9.97. The van der Waals surface area contributed by atoms with E-state index in [0.29, 0.717) is 29.8 Å². The number of aliphatic hydroxyl groups is 1. The van der Waals surface area contributed by atoms with Crippen LogP contribution in [0, 0.1) is 35.3 Å². The highest BCUT2D eigenvalue weighted by molar-refractivity contribution is 6.31. The van der Waals surface area contributed by atoms with Gasteiger partial charge in [0.05, 0.1) is 17.0 Å². The Balaban J connectivity index is 1.29. The van der Waals surface area contributed by atoms with Crippen LogP contribution >= 0.6 is 11.6 Å². The molecule has 0 spiro atoms. The van der Waals surface area contributed by atoms with Crippen molar-refractivity contribution >= 4 is 23.2 Å². The number of anilines is 1. The van der Waals surface area contributed by atoms with Crippen LogP contribution in [0.2, 0.25) is 5.02 Å². The van der Waals surface area contributed by atoms with Crippen LogP contribution < -0.4 is 5.32 Å². The van der Waals surface area contributed by atoms with Gasteiger partial charge in [-0.05, 0) is 73.9 Å². The van der Waals surface area contributed by atoms with Gasteiger partial charge in [-0.15, -0.1) is 0 Å². The zero-order valence-corrected chi connectivity index (χ0v) is 19.8. The average Bonchev–Trinajstić information content (AvgIpc) is 3.46. The summed E-state index contributed by atoms with van der Waals surface area (Å²) < 4.78 is 28.6. The summed E-state index contributed by atoms with van der Waals surface area (Å²) in [4.78, 5) is 17.6. The predicted octanol–water partition coefficient (Wildman–Crippen LogP) is 5.29. The second kappa shape index (κ2) is 9.10. The number of hydrogen-bond donors (Lipinski definition) is 2. The summed E-state index contributed by atoms with van der Waals surface area (Å²) in [7, 11) is 1.76. The van der Waals surface area contributed by atoms with E-state index in [1.165, 1.54) is 30.3 Å². The zero-order valence-electron chi connectivity index (χ0n) is 19.1. The van der Waals surface area contributed by atoms with Gasteiger partial charge in [0.15, 0.2) is 0 Å². The molecule has 2 atom stereocenters. The molecule has 0 radical (unpaired) electrons. The fraction of sp³-hybridized carbons (Fsp3) is 0.333. The molecule has 1 heterocycles. The SMILES string of the molecule is Cn1cnc(C2CC3CC(O)(C#Cc4cccc(F)c4)CC3C2)c1C(=O)Nc1ccc(F)c(Cl)c1. The molecule has 3 aromatic rings. The molecule has 0 aliphatic heterocycles. The van der Waals surface area contributed by atoms with Gasteiger partial charge in [0, 0.05) is 24.2 Å². The minimum atomic E-state index is -1.10. The first-order valence-electron chi connectivity index (χ1n) is 11.5. The van der Waals surface area contributed by atoms with E-state index in [1.807, 2.05) is 0 Å². The van der Waals surface area contributed by atoms with Gasteiger partial charge >= 0.3 is 0 Å². The number of imidazole rings is 1. The Hall–Kier alpha value is -3.21. The van der Waals surface area contributed by atoms with E-state index < -0.39 is 11.4 Å². The molecule has 1 amide bonds. The van der Waals surface area contributed by atoms with Crippen molar-refractivity contribution in [1.82, 2.24) is 9.55 Å². The molecule has 0 bridgehead atoms. The van der Waals surface area contributed by atoms with Crippen molar-refractivity contribution < 1.29 is 18.7 Å². The lowest BCUT2D eigenvalue weighted by Gasteiger charge is -2.19. The normalized spacial score (nSPS) is 25.1. The number of nitrogens with zero attached hydrogens (tertiary/aromatic N) is 2. The number of rotatable bonds is 3. The number of carbonyl (C=O) groups is 1. The molecule has 5 rings (SSSR count). The molecular weight excluding hydrogens is 472 g/mol. The van der Waals surface area contributed by atoms with Crippen molar-refractivity contribution in [3.05, 3.63) is 82.4 Å². The third-order valence-electron chi connectivity index (χ3n) is 7.05. The quantitative estimate of drug-likeness (QED) is 0.485. The summed E-state index contributed by atoms with van der Waals surface area (Å²) in [5.74, 6) is 5.26. The van der Waals surface area contributed by atoms with Crippen molar-refractivity contribution in [3.8, 4) is 11.8 Å². The lowest BCUT2D eigenvalue weighted by atomic mass is 9.92. The average molecular weight is 496 g/mol. The number of nitrogens with one attached hydrogen (secondary N) is 1. The van der Waals surface area contributed by atoms with E-state index in [2.05, 4.69) is 22.1 Å². The molecule has 2 aliphatic carbocycles. The topological polar surface area (TPSA) is 67.1 Å².